The fourth-order valence-electron chi connectivity index (χ4n) is 1.90. The highest BCUT2D eigenvalue weighted by atomic mass is 35.5. The molecule has 0 bridgehead atoms. The minimum absolute atomic E-state index is 0.103. The molecule has 0 fully saturated rings. The van der Waals surface area contributed by atoms with Crippen LogP contribution in [0.2, 0.25) is 5.02 Å². The van der Waals surface area contributed by atoms with Gasteiger partial charge in [-0.15, -0.1) is 11.3 Å². The number of nitrogens with one attached hydrogen (secondary N) is 1. The van der Waals surface area contributed by atoms with Crippen molar-refractivity contribution < 1.29 is 14.3 Å². The quantitative estimate of drug-likeness (QED) is 0.737. The Morgan fingerprint density at radius 3 is 2.78 bits per heavy atom. The molecule has 1 aromatic carbocycles. The summed E-state index contributed by atoms with van der Waals surface area (Å²) in [6, 6.07) is 7.13. The highest BCUT2D eigenvalue weighted by molar-refractivity contribution is 7.13. The number of aromatic nitrogens is 1. The lowest BCUT2D eigenvalue weighted by Crippen LogP contribution is -2.24. The van der Waals surface area contributed by atoms with Crippen LogP contribution in [0.25, 0.3) is 0 Å². The van der Waals surface area contributed by atoms with Crippen molar-refractivity contribution in [2.75, 3.05) is 20.3 Å². The Morgan fingerprint density at radius 2 is 2.09 bits per heavy atom. The number of benzene rings is 1. The molecule has 0 spiro atoms. The van der Waals surface area contributed by atoms with Crippen molar-refractivity contribution >= 4 is 28.8 Å². The molecule has 0 radical (unpaired) electrons. The summed E-state index contributed by atoms with van der Waals surface area (Å²) in [6.07, 6.45) is 0.784. The van der Waals surface area contributed by atoms with Gasteiger partial charge in [0, 0.05) is 25.3 Å². The van der Waals surface area contributed by atoms with E-state index in [1.807, 2.05) is 6.92 Å². The van der Waals surface area contributed by atoms with Crippen LogP contribution in [0.15, 0.2) is 24.3 Å². The number of carbonyl (C=O) groups is 1. The van der Waals surface area contributed by atoms with Crippen molar-refractivity contribution in [2.24, 2.45) is 0 Å². The Labute approximate surface area is 144 Å². The van der Waals surface area contributed by atoms with E-state index in [2.05, 4.69) is 10.3 Å². The average molecular weight is 355 g/mol. The molecular weight excluding hydrogens is 336 g/mol. The maximum absolute atomic E-state index is 12.1. The number of amides is 1. The Balaban J connectivity index is 1.89. The Kier molecular flexibility index (Phi) is 6.83. The van der Waals surface area contributed by atoms with Gasteiger partial charge in [0.2, 0.25) is 0 Å². The topological polar surface area (TPSA) is 60.5 Å². The minimum Gasteiger partial charge on any atom is -0.486 e. The number of halogens is 1. The van der Waals surface area contributed by atoms with Gasteiger partial charge < -0.3 is 14.8 Å². The maximum Gasteiger partial charge on any atom is 0.263 e. The van der Waals surface area contributed by atoms with Gasteiger partial charge in [-0.3, -0.25) is 4.79 Å². The molecule has 2 rings (SSSR count). The van der Waals surface area contributed by atoms with Crippen LogP contribution in [0.1, 0.15) is 26.8 Å². The minimum atomic E-state index is -0.103. The maximum atomic E-state index is 12.1. The summed E-state index contributed by atoms with van der Waals surface area (Å²) in [4.78, 5) is 17.1. The van der Waals surface area contributed by atoms with Gasteiger partial charge in [-0.2, -0.15) is 0 Å². The molecule has 1 N–H and O–H groups in total. The molecule has 124 valence electrons. The summed E-state index contributed by atoms with van der Waals surface area (Å²) in [6.45, 7) is 3.36. The van der Waals surface area contributed by atoms with Crippen LogP contribution in [-0.2, 0) is 11.3 Å². The summed E-state index contributed by atoms with van der Waals surface area (Å²) in [5.74, 6) is 0.613. The lowest BCUT2D eigenvalue weighted by Gasteiger charge is -2.03. The molecule has 0 aliphatic heterocycles. The number of methoxy groups -OCH3 is 1. The second-order valence-electron chi connectivity index (χ2n) is 4.87. The molecule has 0 aliphatic carbocycles. The van der Waals surface area contributed by atoms with E-state index >= 15 is 0 Å². The standard InChI is InChI=1S/C16H19ClN2O3S/c1-11-15(16(20)18-8-3-9-21-2)23-14(19-11)10-22-13-6-4-12(17)5-7-13/h4-7H,3,8-10H2,1-2H3,(H,18,20). The number of carbonyl (C=O) groups excluding carboxylic acids is 1. The fraction of sp³-hybridized carbons (Fsp3) is 0.375. The van der Waals surface area contributed by atoms with Crippen LogP contribution in [0.5, 0.6) is 5.75 Å². The predicted octanol–water partition coefficient (Wildman–Crippen LogP) is 3.45. The second-order valence-corrected chi connectivity index (χ2v) is 6.39. The van der Waals surface area contributed by atoms with Crippen molar-refractivity contribution in [3.05, 3.63) is 44.9 Å². The van der Waals surface area contributed by atoms with Crippen molar-refractivity contribution in [2.45, 2.75) is 20.0 Å². The van der Waals surface area contributed by atoms with Gasteiger partial charge in [-0.05, 0) is 37.6 Å². The molecule has 1 heterocycles. The van der Waals surface area contributed by atoms with Crippen molar-refractivity contribution in [1.82, 2.24) is 10.3 Å². The third kappa shape index (κ3) is 5.49. The molecule has 5 nitrogen and oxygen atoms in total. The van der Waals surface area contributed by atoms with Gasteiger partial charge in [-0.1, -0.05) is 11.6 Å². The molecular formula is C16H19ClN2O3S. The van der Waals surface area contributed by atoms with Crippen LogP contribution in [0.4, 0.5) is 0 Å². The van der Waals surface area contributed by atoms with Crippen LogP contribution >= 0.6 is 22.9 Å². The largest absolute Gasteiger partial charge is 0.486 e. The number of rotatable bonds is 8. The molecule has 23 heavy (non-hydrogen) atoms. The molecule has 0 aliphatic rings. The molecule has 7 heteroatoms. The summed E-state index contributed by atoms with van der Waals surface area (Å²) in [7, 11) is 1.64. The van der Waals surface area contributed by atoms with E-state index in [9.17, 15) is 4.79 Å². The average Bonchev–Trinajstić information content (AvgIpc) is 2.92. The van der Waals surface area contributed by atoms with Gasteiger partial charge in [0.15, 0.2) is 0 Å². The molecule has 0 saturated heterocycles. The smallest absolute Gasteiger partial charge is 0.263 e. The highest BCUT2D eigenvalue weighted by Crippen LogP contribution is 2.21. The number of hydrogen-bond acceptors (Lipinski definition) is 5. The van der Waals surface area contributed by atoms with E-state index in [0.29, 0.717) is 41.1 Å². The summed E-state index contributed by atoms with van der Waals surface area (Å²) >= 11 is 7.18. The Morgan fingerprint density at radius 1 is 1.35 bits per heavy atom. The third-order valence-electron chi connectivity index (χ3n) is 3.03. The molecule has 0 unspecified atom stereocenters. The van der Waals surface area contributed by atoms with Gasteiger partial charge >= 0.3 is 0 Å². The SMILES string of the molecule is COCCCNC(=O)c1sc(COc2ccc(Cl)cc2)nc1C. The Hall–Kier alpha value is -1.63. The second kappa shape index (κ2) is 8.86. The summed E-state index contributed by atoms with van der Waals surface area (Å²) in [5, 5.41) is 4.29. The predicted molar refractivity (Wildman–Crippen MR) is 91.5 cm³/mol. The number of hydrogen-bond donors (Lipinski definition) is 1. The fourth-order valence-corrected chi connectivity index (χ4v) is 2.92. The zero-order chi connectivity index (χ0) is 16.7. The lowest BCUT2D eigenvalue weighted by molar-refractivity contribution is 0.0952. The normalized spacial score (nSPS) is 10.6. The van der Waals surface area contributed by atoms with Gasteiger partial charge in [0.05, 0.1) is 5.69 Å². The number of nitrogens with zero attached hydrogens (tertiary/aromatic N) is 1. The van der Waals surface area contributed by atoms with Crippen LogP contribution in [-0.4, -0.2) is 31.2 Å². The lowest BCUT2D eigenvalue weighted by atomic mass is 10.3. The Bertz CT molecular complexity index is 643. The van der Waals surface area contributed by atoms with Gasteiger partial charge in [-0.25, -0.2) is 4.98 Å². The zero-order valence-electron chi connectivity index (χ0n) is 13.1. The molecule has 1 aromatic heterocycles. The van der Waals surface area contributed by atoms with E-state index in [0.717, 1.165) is 11.4 Å². The van der Waals surface area contributed by atoms with E-state index in [1.165, 1.54) is 11.3 Å². The molecule has 0 atom stereocenters. The van der Waals surface area contributed by atoms with Crippen LogP contribution in [0.3, 0.4) is 0 Å². The van der Waals surface area contributed by atoms with Crippen molar-refractivity contribution in [1.29, 1.82) is 0 Å². The first-order valence-electron chi connectivity index (χ1n) is 7.22. The van der Waals surface area contributed by atoms with Crippen LogP contribution < -0.4 is 10.1 Å². The van der Waals surface area contributed by atoms with Crippen molar-refractivity contribution in [3.63, 3.8) is 0 Å². The van der Waals surface area contributed by atoms with Crippen molar-refractivity contribution in [3.8, 4) is 5.75 Å². The number of aryl methyl sites for hydroxylation is 1. The summed E-state index contributed by atoms with van der Waals surface area (Å²) < 4.78 is 10.6. The first kappa shape index (κ1) is 17.7. The van der Waals surface area contributed by atoms with E-state index in [4.69, 9.17) is 21.1 Å². The zero-order valence-corrected chi connectivity index (χ0v) is 14.7. The first-order valence-corrected chi connectivity index (χ1v) is 8.41. The molecule has 2 aromatic rings. The van der Waals surface area contributed by atoms with Gasteiger partial charge in [0.25, 0.3) is 5.91 Å². The summed E-state index contributed by atoms with van der Waals surface area (Å²) in [5.41, 5.74) is 0.717. The first-order chi connectivity index (χ1) is 11.1. The van der Waals surface area contributed by atoms with E-state index < -0.39 is 0 Å². The van der Waals surface area contributed by atoms with E-state index in [1.54, 1.807) is 31.4 Å². The number of ether oxygens (including phenoxy) is 2. The molecule has 1 amide bonds. The highest BCUT2D eigenvalue weighted by Gasteiger charge is 2.15. The third-order valence-corrected chi connectivity index (χ3v) is 4.42. The number of thiazole rings is 1. The molecule has 0 saturated carbocycles. The van der Waals surface area contributed by atoms with E-state index in [-0.39, 0.29) is 5.91 Å². The monoisotopic (exact) mass is 354 g/mol. The van der Waals surface area contributed by atoms with Crippen LogP contribution in [0, 0.1) is 6.92 Å². The van der Waals surface area contributed by atoms with Gasteiger partial charge in [0.1, 0.15) is 22.2 Å².